The van der Waals surface area contributed by atoms with E-state index in [0.717, 1.165) is 28.0 Å². The highest BCUT2D eigenvalue weighted by molar-refractivity contribution is 5.83. The molecule has 0 aliphatic heterocycles. The maximum Gasteiger partial charge on any atom is 0.282 e. The Morgan fingerprint density at radius 3 is 2.58 bits per heavy atom. The molecule has 4 aromatic rings. The number of terminal acetylenes is 1. The van der Waals surface area contributed by atoms with Crippen molar-refractivity contribution in [2.24, 2.45) is 5.10 Å². The van der Waals surface area contributed by atoms with Crippen molar-refractivity contribution < 1.29 is 14.2 Å². The van der Waals surface area contributed by atoms with E-state index in [4.69, 9.17) is 25.6 Å². The number of rotatable bonds is 9. The molecule has 0 bridgehead atoms. The lowest BCUT2D eigenvalue weighted by molar-refractivity contribution is 0.299. The Balaban J connectivity index is 1.89. The summed E-state index contributed by atoms with van der Waals surface area (Å²) in [7, 11) is 1.66. The van der Waals surface area contributed by atoms with Crippen LogP contribution in [0.15, 0.2) is 64.5 Å². The Morgan fingerprint density at radius 1 is 1.08 bits per heavy atom. The molecule has 0 aliphatic carbocycles. The second-order valence-corrected chi connectivity index (χ2v) is 9.01. The Kier molecular flexibility index (Phi) is 8.12. The molecule has 0 unspecified atom stereocenters. The summed E-state index contributed by atoms with van der Waals surface area (Å²) < 4.78 is 18.3. The summed E-state index contributed by atoms with van der Waals surface area (Å²) in [5.41, 5.74) is 3.82. The summed E-state index contributed by atoms with van der Waals surface area (Å²) >= 11 is 0. The Morgan fingerprint density at radius 2 is 1.87 bits per heavy atom. The minimum atomic E-state index is -0.262. The lowest BCUT2D eigenvalue weighted by atomic mass is 9.96. The third-order valence-electron chi connectivity index (χ3n) is 6.09. The molecule has 1 heterocycles. The zero-order valence-corrected chi connectivity index (χ0v) is 22.3. The maximum atomic E-state index is 13.7. The smallest absolute Gasteiger partial charge is 0.282 e. The van der Waals surface area contributed by atoms with E-state index in [9.17, 15) is 4.79 Å². The third-order valence-corrected chi connectivity index (χ3v) is 6.09. The normalized spacial score (nSPS) is 11.2. The van der Waals surface area contributed by atoms with Gasteiger partial charge < -0.3 is 14.2 Å². The van der Waals surface area contributed by atoms with E-state index < -0.39 is 0 Å². The highest BCUT2D eigenvalue weighted by Crippen LogP contribution is 2.34. The number of hydrogen-bond donors (Lipinski definition) is 0. The van der Waals surface area contributed by atoms with E-state index in [1.165, 1.54) is 4.68 Å². The van der Waals surface area contributed by atoms with Crippen LogP contribution in [0.3, 0.4) is 0 Å². The highest BCUT2D eigenvalue weighted by atomic mass is 16.5. The van der Waals surface area contributed by atoms with Gasteiger partial charge in [-0.3, -0.25) is 4.79 Å². The molecule has 7 heteroatoms. The molecule has 0 N–H and O–H groups in total. The standard InChI is InChI=1S/C31H31N3O4/c1-7-15-38-27-14-13-22(17-29(27)37-8-2)19-32-34-30(33-26-12-10-9-11-23(26)31(34)35)25-18-24(20(3)4)28(36-6)16-21(25)5/h1,9-14,16-20H,8,15H2,2-6H3. The van der Waals surface area contributed by atoms with Crippen LogP contribution in [-0.4, -0.2) is 36.2 Å². The molecule has 38 heavy (non-hydrogen) atoms. The van der Waals surface area contributed by atoms with Gasteiger partial charge in [0.25, 0.3) is 5.56 Å². The Bertz CT molecular complexity index is 1600. The van der Waals surface area contributed by atoms with Gasteiger partial charge in [0.2, 0.25) is 0 Å². The molecule has 3 aromatic carbocycles. The fourth-order valence-electron chi connectivity index (χ4n) is 4.21. The number of methoxy groups -OCH3 is 1. The number of benzene rings is 3. The first kappa shape index (κ1) is 26.5. The second-order valence-electron chi connectivity index (χ2n) is 9.01. The lowest BCUT2D eigenvalue weighted by Gasteiger charge is -2.17. The fraction of sp³-hybridized carbons (Fsp3) is 0.258. The van der Waals surface area contributed by atoms with Crippen molar-refractivity contribution in [3.8, 4) is 41.0 Å². The van der Waals surface area contributed by atoms with Gasteiger partial charge >= 0.3 is 0 Å². The van der Waals surface area contributed by atoms with Crippen LogP contribution in [0, 0.1) is 19.3 Å². The molecule has 0 saturated carbocycles. The van der Waals surface area contributed by atoms with Crippen LogP contribution in [0.1, 0.15) is 43.4 Å². The molecule has 0 saturated heterocycles. The van der Waals surface area contributed by atoms with Crippen molar-refractivity contribution in [3.63, 3.8) is 0 Å². The summed E-state index contributed by atoms with van der Waals surface area (Å²) in [6.45, 7) is 8.65. The van der Waals surface area contributed by atoms with Gasteiger partial charge in [-0.15, -0.1) is 6.42 Å². The van der Waals surface area contributed by atoms with Crippen LogP contribution < -0.4 is 19.8 Å². The number of nitrogens with zero attached hydrogens (tertiary/aromatic N) is 3. The predicted molar refractivity (Wildman–Crippen MR) is 152 cm³/mol. The second kappa shape index (κ2) is 11.7. The molecule has 0 fully saturated rings. The third kappa shape index (κ3) is 5.40. The molecule has 0 amide bonds. The van der Waals surface area contributed by atoms with E-state index in [1.54, 1.807) is 31.5 Å². The number of ether oxygens (including phenoxy) is 3. The maximum absolute atomic E-state index is 13.7. The van der Waals surface area contributed by atoms with Crippen molar-refractivity contribution in [1.82, 2.24) is 9.66 Å². The summed E-state index contributed by atoms with van der Waals surface area (Å²) in [6, 6.07) is 16.7. The van der Waals surface area contributed by atoms with E-state index in [0.29, 0.717) is 34.8 Å². The van der Waals surface area contributed by atoms with Gasteiger partial charge in [0, 0.05) is 5.56 Å². The van der Waals surface area contributed by atoms with Gasteiger partial charge in [-0.1, -0.05) is 31.9 Å². The minimum Gasteiger partial charge on any atom is -0.496 e. The summed E-state index contributed by atoms with van der Waals surface area (Å²) in [5, 5.41) is 5.09. The summed E-state index contributed by atoms with van der Waals surface area (Å²) in [5.74, 6) is 5.00. The van der Waals surface area contributed by atoms with Gasteiger partial charge in [0.15, 0.2) is 17.3 Å². The Labute approximate surface area is 222 Å². The minimum absolute atomic E-state index is 0.134. The molecular weight excluding hydrogens is 478 g/mol. The molecule has 194 valence electrons. The van der Waals surface area contributed by atoms with Gasteiger partial charge in [0.1, 0.15) is 12.4 Å². The first-order valence-corrected chi connectivity index (χ1v) is 12.5. The largest absolute Gasteiger partial charge is 0.496 e. The van der Waals surface area contributed by atoms with Gasteiger partial charge in [0.05, 0.1) is 30.8 Å². The van der Waals surface area contributed by atoms with E-state index in [1.807, 2.05) is 50.2 Å². The first-order valence-electron chi connectivity index (χ1n) is 12.5. The van der Waals surface area contributed by atoms with E-state index in [2.05, 4.69) is 24.9 Å². The molecule has 0 aliphatic rings. The van der Waals surface area contributed by atoms with Crippen molar-refractivity contribution in [3.05, 3.63) is 81.6 Å². The van der Waals surface area contributed by atoms with Crippen LogP contribution in [0.5, 0.6) is 17.2 Å². The van der Waals surface area contributed by atoms with Crippen LogP contribution in [0.2, 0.25) is 0 Å². The molecule has 1 aromatic heterocycles. The van der Waals surface area contributed by atoms with E-state index in [-0.39, 0.29) is 18.1 Å². The van der Waals surface area contributed by atoms with Crippen molar-refractivity contribution in [1.29, 1.82) is 0 Å². The van der Waals surface area contributed by atoms with Crippen LogP contribution in [-0.2, 0) is 0 Å². The van der Waals surface area contributed by atoms with Crippen LogP contribution in [0.25, 0.3) is 22.3 Å². The predicted octanol–water partition coefficient (Wildman–Crippen LogP) is 5.80. The quantitative estimate of drug-likeness (QED) is 0.211. The van der Waals surface area contributed by atoms with Crippen LogP contribution >= 0.6 is 0 Å². The molecular formula is C31H31N3O4. The Hall–Kier alpha value is -4.57. The van der Waals surface area contributed by atoms with Crippen LogP contribution in [0.4, 0.5) is 0 Å². The number of hydrogen-bond acceptors (Lipinski definition) is 6. The first-order chi connectivity index (χ1) is 18.4. The van der Waals surface area contributed by atoms with Gasteiger partial charge in [-0.2, -0.15) is 9.78 Å². The molecule has 0 radical (unpaired) electrons. The van der Waals surface area contributed by atoms with Crippen molar-refractivity contribution >= 4 is 17.1 Å². The highest BCUT2D eigenvalue weighted by Gasteiger charge is 2.18. The summed E-state index contributed by atoms with van der Waals surface area (Å²) in [6.07, 6.45) is 6.94. The summed E-state index contributed by atoms with van der Waals surface area (Å²) in [4.78, 5) is 18.5. The molecule has 0 atom stereocenters. The van der Waals surface area contributed by atoms with Crippen molar-refractivity contribution in [2.45, 2.75) is 33.6 Å². The number of para-hydroxylation sites is 1. The lowest BCUT2D eigenvalue weighted by Crippen LogP contribution is -2.20. The van der Waals surface area contributed by atoms with Gasteiger partial charge in [-0.05, 0) is 78.9 Å². The number of aromatic nitrogens is 2. The van der Waals surface area contributed by atoms with Gasteiger partial charge in [-0.25, -0.2) is 4.98 Å². The SMILES string of the molecule is C#CCOc1ccc(C=Nn2c(-c3cc(C(C)C)c(OC)cc3C)nc3ccccc3c2=O)cc1OCC. The molecule has 0 spiro atoms. The van der Waals surface area contributed by atoms with E-state index >= 15 is 0 Å². The van der Waals surface area contributed by atoms with Crippen molar-refractivity contribution in [2.75, 3.05) is 20.3 Å². The topological polar surface area (TPSA) is 74.9 Å². The number of aryl methyl sites for hydroxylation is 1. The average molecular weight is 510 g/mol. The number of fused-ring (bicyclic) bond motifs is 1. The monoisotopic (exact) mass is 509 g/mol. The zero-order chi connectivity index (χ0) is 27.2. The average Bonchev–Trinajstić information content (AvgIpc) is 2.91. The fourth-order valence-corrected chi connectivity index (χ4v) is 4.21. The zero-order valence-electron chi connectivity index (χ0n) is 22.3. The molecule has 4 rings (SSSR count). The molecule has 7 nitrogen and oxygen atoms in total.